The van der Waals surface area contributed by atoms with Gasteiger partial charge in [0.25, 0.3) is 11.8 Å². The van der Waals surface area contributed by atoms with Crippen LogP contribution in [0.15, 0.2) is 97.3 Å². The quantitative estimate of drug-likeness (QED) is 0.397. The van der Waals surface area contributed by atoms with Crippen molar-refractivity contribution < 1.29 is 9.59 Å². The van der Waals surface area contributed by atoms with E-state index in [0.29, 0.717) is 24.2 Å². The van der Waals surface area contributed by atoms with Crippen LogP contribution in [0.3, 0.4) is 0 Å². The number of carbonyl (C=O) groups is 2. The molecule has 0 aliphatic rings. The largest absolute Gasteiger partial charge is 0.378 e. The number of nitrogens with zero attached hydrogens (tertiary/aromatic N) is 2. The summed E-state index contributed by atoms with van der Waals surface area (Å²) in [6.07, 6.45) is 3.49. The molecule has 0 fully saturated rings. The SMILES string of the molecule is CN(C)c1ccc(CNC(=O)c2cccc(CNC(=O)c3ccc(-c4ccncc4)cc3)c2)cc1. The van der Waals surface area contributed by atoms with E-state index in [2.05, 4.69) is 15.6 Å². The number of nitrogens with one attached hydrogen (secondary N) is 2. The maximum atomic E-state index is 12.6. The van der Waals surface area contributed by atoms with E-state index in [1.54, 1.807) is 36.7 Å². The van der Waals surface area contributed by atoms with Crippen LogP contribution in [0.2, 0.25) is 0 Å². The summed E-state index contributed by atoms with van der Waals surface area (Å²) in [5.41, 5.74) is 6.21. The second kappa shape index (κ2) is 11.1. The fourth-order valence-corrected chi connectivity index (χ4v) is 3.66. The smallest absolute Gasteiger partial charge is 0.251 e. The minimum atomic E-state index is -0.165. The fourth-order valence-electron chi connectivity index (χ4n) is 3.66. The Morgan fingerprint density at radius 2 is 1.29 bits per heavy atom. The molecule has 1 heterocycles. The summed E-state index contributed by atoms with van der Waals surface area (Å²) in [4.78, 5) is 31.3. The highest BCUT2D eigenvalue weighted by Crippen LogP contribution is 2.19. The van der Waals surface area contributed by atoms with Gasteiger partial charge < -0.3 is 15.5 Å². The van der Waals surface area contributed by atoms with Crippen LogP contribution in [-0.4, -0.2) is 30.9 Å². The molecule has 176 valence electrons. The van der Waals surface area contributed by atoms with Crippen molar-refractivity contribution in [3.8, 4) is 11.1 Å². The van der Waals surface area contributed by atoms with Gasteiger partial charge in [0.1, 0.15) is 0 Å². The number of benzene rings is 3. The number of carbonyl (C=O) groups excluding carboxylic acids is 2. The zero-order valence-corrected chi connectivity index (χ0v) is 19.9. The molecule has 3 aromatic carbocycles. The maximum absolute atomic E-state index is 12.6. The molecule has 0 aliphatic heterocycles. The lowest BCUT2D eigenvalue weighted by atomic mass is 10.0. The Hall–Kier alpha value is -4.45. The van der Waals surface area contributed by atoms with E-state index >= 15 is 0 Å². The van der Waals surface area contributed by atoms with Crippen molar-refractivity contribution in [3.63, 3.8) is 0 Å². The Bertz CT molecular complexity index is 1280. The predicted molar refractivity (Wildman–Crippen MR) is 139 cm³/mol. The van der Waals surface area contributed by atoms with Gasteiger partial charge in [0.15, 0.2) is 0 Å². The highest BCUT2D eigenvalue weighted by Gasteiger charge is 2.09. The van der Waals surface area contributed by atoms with E-state index in [9.17, 15) is 9.59 Å². The molecule has 4 rings (SSSR count). The fraction of sp³-hybridized carbons (Fsp3) is 0.138. The number of hydrogen-bond donors (Lipinski definition) is 2. The average Bonchev–Trinajstić information content (AvgIpc) is 2.91. The van der Waals surface area contributed by atoms with Gasteiger partial charge in [-0.1, -0.05) is 36.4 Å². The molecule has 6 nitrogen and oxygen atoms in total. The lowest BCUT2D eigenvalue weighted by Crippen LogP contribution is -2.24. The summed E-state index contributed by atoms with van der Waals surface area (Å²) in [5, 5.41) is 5.89. The van der Waals surface area contributed by atoms with Gasteiger partial charge in [0.05, 0.1) is 0 Å². The van der Waals surface area contributed by atoms with Crippen molar-refractivity contribution in [2.75, 3.05) is 19.0 Å². The summed E-state index contributed by atoms with van der Waals surface area (Å²) in [5.74, 6) is -0.316. The molecular formula is C29H28N4O2. The Morgan fingerprint density at radius 1 is 0.686 bits per heavy atom. The Balaban J connectivity index is 1.31. The van der Waals surface area contributed by atoms with Crippen LogP contribution < -0.4 is 15.5 Å². The molecule has 4 aromatic rings. The van der Waals surface area contributed by atoms with Gasteiger partial charge in [-0.05, 0) is 70.8 Å². The first-order valence-corrected chi connectivity index (χ1v) is 11.4. The molecule has 35 heavy (non-hydrogen) atoms. The van der Waals surface area contributed by atoms with Gasteiger partial charge in [0.2, 0.25) is 0 Å². The second-order valence-electron chi connectivity index (χ2n) is 8.44. The Labute approximate surface area is 205 Å². The molecule has 0 atom stereocenters. The van der Waals surface area contributed by atoms with Gasteiger partial charge in [-0.25, -0.2) is 0 Å². The van der Waals surface area contributed by atoms with Crippen molar-refractivity contribution in [2.45, 2.75) is 13.1 Å². The number of aromatic nitrogens is 1. The van der Waals surface area contributed by atoms with E-state index < -0.39 is 0 Å². The molecule has 0 spiro atoms. The summed E-state index contributed by atoms with van der Waals surface area (Å²) in [6, 6.07) is 26.7. The highest BCUT2D eigenvalue weighted by molar-refractivity contribution is 5.95. The zero-order valence-electron chi connectivity index (χ0n) is 19.9. The van der Waals surface area contributed by atoms with Gasteiger partial charge in [-0.3, -0.25) is 14.6 Å². The van der Waals surface area contributed by atoms with Crippen LogP contribution in [-0.2, 0) is 13.1 Å². The normalized spacial score (nSPS) is 10.5. The molecule has 0 aliphatic carbocycles. The van der Waals surface area contributed by atoms with Crippen molar-refractivity contribution in [1.82, 2.24) is 15.6 Å². The third-order valence-electron chi connectivity index (χ3n) is 5.71. The molecule has 0 unspecified atom stereocenters. The molecule has 1 aromatic heterocycles. The molecule has 0 bridgehead atoms. The molecule has 0 radical (unpaired) electrons. The second-order valence-corrected chi connectivity index (χ2v) is 8.44. The van der Waals surface area contributed by atoms with Crippen LogP contribution in [0.1, 0.15) is 31.8 Å². The van der Waals surface area contributed by atoms with E-state index in [0.717, 1.165) is 27.9 Å². The summed E-state index contributed by atoms with van der Waals surface area (Å²) >= 11 is 0. The minimum Gasteiger partial charge on any atom is -0.378 e. The summed E-state index contributed by atoms with van der Waals surface area (Å²) < 4.78 is 0. The van der Waals surface area contributed by atoms with Crippen molar-refractivity contribution in [3.05, 3.63) is 120 Å². The van der Waals surface area contributed by atoms with E-state index in [4.69, 9.17) is 0 Å². The maximum Gasteiger partial charge on any atom is 0.251 e. The van der Waals surface area contributed by atoms with Crippen molar-refractivity contribution in [1.29, 1.82) is 0 Å². The van der Waals surface area contributed by atoms with E-state index in [-0.39, 0.29) is 11.8 Å². The monoisotopic (exact) mass is 464 g/mol. The first kappa shape index (κ1) is 23.7. The lowest BCUT2D eigenvalue weighted by molar-refractivity contribution is 0.0945. The van der Waals surface area contributed by atoms with Gasteiger partial charge >= 0.3 is 0 Å². The van der Waals surface area contributed by atoms with E-state index in [1.165, 1.54) is 0 Å². The summed E-state index contributed by atoms with van der Waals surface area (Å²) in [6.45, 7) is 0.779. The zero-order chi connectivity index (χ0) is 24.6. The highest BCUT2D eigenvalue weighted by atomic mass is 16.2. The topological polar surface area (TPSA) is 74.3 Å². The molecule has 6 heteroatoms. The first-order valence-electron chi connectivity index (χ1n) is 11.4. The van der Waals surface area contributed by atoms with Gasteiger partial charge in [0, 0.05) is 56.4 Å². The Morgan fingerprint density at radius 3 is 1.94 bits per heavy atom. The van der Waals surface area contributed by atoms with Crippen LogP contribution in [0.4, 0.5) is 5.69 Å². The third-order valence-corrected chi connectivity index (χ3v) is 5.71. The van der Waals surface area contributed by atoms with Crippen LogP contribution in [0, 0.1) is 0 Å². The van der Waals surface area contributed by atoms with Crippen molar-refractivity contribution >= 4 is 17.5 Å². The van der Waals surface area contributed by atoms with Crippen LogP contribution in [0.5, 0.6) is 0 Å². The third kappa shape index (κ3) is 6.32. The number of pyridine rings is 1. The molecular weight excluding hydrogens is 436 g/mol. The van der Waals surface area contributed by atoms with Gasteiger partial charge in [-0.15, -0.1) is 0 Å². The number of hydrogen-bond acceptors (Lipinski definition) is 4. The molecule has 0 saturated heterocycles. The number of rotatable bonds is 8. The molecule has 0 saturated carbocycles. The molecule has 2 N–H and O–H groups in total. The first-order chi connectivity index (χ1) is 17.0. The van der Waals surface area contributed by atoms with Crippen LogP contribution >= 0.6 is 0 Å². The number of anilines is 1. The van der Waals surface area contributed by atoms with Crippen molar-refractivity contribution in [2.24, 2.45) is 0 Å². The number of amides is 2. The van der Waals surface area contributed by atoms with E-state index in [1.807, 2.05) is 79.7 Å². The predicted octanol–water partition coefficient (Wildman–Crippen LogP) is 4.67. The van der Waals surface area contributed by atoms with Gasteiger partial charge in [-0.2, -0.15) is 0 Å². The summed E-state index contributed by atoms with van der Waals surface area (Å²) in [7, 11) is 3.98. The minimum absolute atomic E-state index is 0.151. The Kier molecular flexibility index (Phi) is 7.53. The average molecular weight is 465 g/mol. The lowest BCUT2D eigenvalue weighted by Gasteiger charge is -2.13. The molecule has 2 amide bonds. The standard InChI is InChI=1S/C29H28N4O2/c1-33(2)27-12-6-21(7-13-27)19-31-29(35)26-5-3-4-22(18-26)20-32-28(34)25-10-8-23(9-11-25)24-14-16-30-17-15-24/h3-18H,19-20H2,1-2H3,(H,31,35)(H,32,34). The van der Waals surface area contributed by atoms with Crippen LogP contribution in [0.25, 0.3) is 11.1 Å².